The van der Waals surface area contributed by atoms with E-state index in [0.717, 1.165) is 34.9 Å². The summed E-state index contributed by atoms with van der Waals surface area (Å²) in [4.78, 5) is 0. The van der Waals surface area contributed by atoms with E-state index in [1.807, 2.05) is 36.4 Å². The average molecular weight is 268 g/mol. The van der Waals surface area contributed by atoms with Crippen LogP contribution < -0.4 is 15.4 Å². The van der Waals surface area contributed by atoms with Gasteiger partial charge in [-0.05, 0) is 36.8 Å². The number of anilines is 2. The standard InChI is InChI=1S/C17H20N2O/c1-4-18-15-10-8-14(9-11-15)13(2)19-16-6-5-7-17(12-16)20-3/h5-12,18-19H,2,4H2,1,3H3. The number of hydrogen-bond acceptors (Lipinski definition) is 3. The molecule has 0 aliphatic rings. The maximum absolute atomic E-state index is 5.21. The highest BCUT2D eigenvalue weighted by atomic mass is 16.5. The fraction of sp³-hybridized carbons (Fsp3) is 0.176. The first-order valence-electron chi connectivity index (χ1n) is 6.67. The molecular weight excluding hydrogens is 248 g/mol. The van der Waals surface area contributed by atoms with E-state index < -0.39 is 0 Å². The van der Waals surface area contributed by atoms with Gasteiger partial charge < -0.3 is 15.4 Å². The molecule has 2 aromatic carbocycles. The molecule has 3 nitrogen and oxygen atoms in total. The lowest BCUT2D eigenvalue weighted by Crippen LogP contribution is -1.99. The Labute approximate surface area is 120 Å². The molecular formula is C17H20N2O. The van der Waals surface area contributed by atoms with Gasteiger partial charge in [0.05, 0.1) is 7.11 Å². The van der Waals surface area contributed by atoms with Gasteiger partial charge in [0.2, 0.25) is 0 Å². The molecule has 0 radical (unpaired) electrons. The van der Waals surface area contributed by atoms with Crippen LogP contribution in [0.5, 0.6) is 5.75 Å². The minimum atomic E-state index is 0.824. The molecule has 20 heavy (non-hydrogen) atoms. The predicted octanol–water partition coefficient (Wildman–Crippen LogP) is 4.21. The molecule has 0 spiro atoms. The summed E-state index contributed by atoms with van der Waals surface area (Å²) in [6.07, 6.45) is 0. The zero-order valence-corrected chi connectivity index (χ0v) is 11.9. The van der Waals surface area contributed by atoms with Gasteiger partial charge >= 0.3 is 0 Å². The first-order valence-corrected chi connectivity index (χ1v) is 6.67. The van der Waals surface area contributed by atoms with Crippen LogP contribution in [0.3, 0.4) is 0 Å². The smallest absolute Gasteiger partial charge is 0.120 e. The summed E-state index contributed by atoms with van der Waals surface area (Å²) in [5.41, 5.74) is 4.01. The van der Waals surface area contributed by atoms with Crippen LogP contribution in [0, 0.1) is 0 Å². The molecule has 2 rings (SSSR count). The molecule has 0 unspecified atom stereocenters. The van der Waals surface area contributed by atoms with Crippen LogP contribution in [0.15, 0.2) is 55.1 Å². The summed E-state index contributed by atoms with van der Waals surface area (Å²) in [6, 6.07) is 16.0. The van der Waals surface area contributed by atoms with E-state index in [1.165, 1.54) is 0 Å². The van der Waals surface area contributed by atoms with Crippen molar-refractivity contribution in [2.75, 3.05) is 24.3 Å². The van der Waals surface area contributed by atoms with Gasteiger partial charge in [-0.3, -0.25) is 0 Å². The molecule has 0 aliphatic carbocycles. The second-order valence-electron chi connectivity index (χ2n) is 4.44. The van der Waals surface area contributed by atoms with E-state index in [-0.39, 0.29) is 0 Å². The lowest BCUT2D eigenvalue weighted by molar-refractivity contribution is 0.415. The largest absolute Gasteiger partial charge is 0.497 e. The third-order valence-electron chi connectivity index (χ3n) is 2.98. The Kier molecular flexibility index (Phi) is 4.66. The van der Waals surface area contributed by atoms with Crippen molar-refractivity contribution in [2.45, 2.75) is 6.92 Å². The van der Waals surface area contributed by atoms with E-state index in [0.29, 0.717) is 0 Å². The summed E-state index contributed by atoms with van der Waals surface area (Å²) < 4.78 is 5.21. The molecule has 0 amide bonds. The Bertz CT molecular complexity index is 576. The molecule has 3 heteroatoms. The van der Waals surface area contributed by atoms with Crippen molar-refractivity contribution >= 4 is 17.1 Å². The van der Waals surface area contributed by atoms with Crippen LogP contribution in [0.1, 0.15) is 12.5 Å². The molecule has 2 N–H and O–H groups in total. The van der Waals surface area contributed by atoms with E-state index in [4.69, 9.17) is 4.74 Å². The normalized spacial score (nSPS) is 9.90. The fourth-order valence-corrected chi connectivity index (χ4v) is 1.94. The van der Waals surface area contributed by atoms with Crippen molar-refractivity contribution in [1.29, 1.82) is 0 Å². The highest BCUT2D eigenvalue weighted by molar-refractivity contribution is 5.76. The molecule has 2 aromatic rings. The zero-order chi connectivity index (χ0) is 14.4. The summed E-state index contributed by atoms with van der Waals surface area (Å²) in [7, 11) is 1.66. The quantitative estimate of drug-likeness (QED) is 0.823. The lowest BCUT2D eigenvalue weighted by Gasteiger charge is -2.12. The van der Waals surface area contributed by atoms with Gasteiger partial charge in [0, 0.05) is 29.7 Å². The minimum Gasteiger partial charge on any atom is -0.497 e. The van der Waals surface area contributed by atoms with E-state index in [1.54, 1.807) is 7.11 Å². The SMILES string of the molecule is C=C(Nc1cccc(OC)c1)c1ccc(NCC)cc1. The second-order valence-corrected chi connectivity index (χ2v) is 4.44. The Morgan fingerprint density at radius 2 is 1.85 bits per heavy atom. The number of benzene rings is 2. The van der Waals surface area contributed by atoms with Crippen molar-refractivity contribution in [3.8, 4) is 5.75 Å². The number of ether oxygens (including phenoxy) is 1. The molecule has 0 saturated carbocycles. The lowest BCUT2D eigenvalue weighted by atomic mass is 10.1. The van der Waals surface area contributed by atoms with Gasteiger partial charge in [-0.25, -0.2) is 0 Å². The van der Waals surface area contributed by atoms with Crippen molar-refractivity contribution in [1.82, 2.24) is 0 Å². The van der Waals surface area contributed by atoms with Gasteiger partial charge in [-0.15, -0.1) is 0 Å². The number of rotatable bonds is 6. The van der Waals surface area contributed by atoms with Crippen LogP contribution in [0.25, 0.3) is 5.70 Å². The molecule has 0 aromatic heterocycles. The average Bonchev–Trinajstić information content (AvgIpc) is 2.48. The van der Waals surface area contributed by atoms with Crippen LogP contribution in [-0.2, 0) is 0 Å². The Balaban J connectivity index is 2.07. The Morgan fingerprint density at radius 3 is 2.50 bits per heavy atom. The summed E-state index contributed by atoms with van der Waals surface area (Å²) in [5, 5.41) is 6.56. The topological polar surface area (TPSA) is 33.3 Å². The Hall–Kier alpha value is -2.42. The van der Waals surface area contributed by atoms with Gasteiger partial charge in [0.25, 0.3) is 0 Å². The molecule has 0 bridgehead atoms. The minimum absolute atomic E-state index is 0.824. The highest BCUT2D eigenvalue weighted by Gasteiger charge is 2.01. The first kappa shape index (κ1) is 14.0. The highest BCUT2D eigenvalue weighted by Crippen LogP contribution is 2.22. The van der Waals surface area contributed by atoms with Crippen molar-refractivity contribution in [3.63, 3.8) is 0 Å². The fourth-order valence-electron chi connectivity index (χ4n) is 1.94. The molecule has 0 aliphatic heterocycles. The van der Waals surface area contributed by atoms with E-state index >= 15 is 0 Å². The van der Waals surface area contributed by atoms with Crippen molar-refractivity contribution in [3.05, 3.63) is 60.7 Å². The summed E-state index contributed by atoms with van der Waals surface area (Å²) in [6.45, 7) is 7.08. The van der Waals surface area contributed by atoms with Gasteiger partial charge in [0.15, 0.2) is 0 Å². The number of nitrogens with one attached hydrogen (secondary N) is 2. The van der Waals surface area contributed by atoms with Crippen LogP contribution in [-0.4, -0.2) is 13.7 Å². The van der Waals surface area contributed by atoms with Crippen molar-refractivity contribution < 1.29 is 4.74 Å². The number of hydrogen-bond donors (Lipinski definition) is 2. The van der Waals surface area contributed by atoms with E-state index in [2.05, 4.69) is 36.3 Å². The molecule has 0 atom stereocenters. The van der Waals surface area contributed by atoms with Crippen LogP contribution in [0.4, 0.5) is 11.4 Å². The zero-order valence-electron chi connectivity index (χ0n) is 11.9. The van der Waals surface area contributed by atoms with Gasteiger partial charge in [0.1, 0.15) is 5.75 Å². The molecule has 0 heterocycles. The van der Waals surface area contributed by atoms with Crippen LogP contribution >= 0.6 is 0 Å². The van der Waals surface area contributed by atoms with E-state index in [9.17, 15) is 0 Å². The third-order valence-corrected chi connectivity index (χ3v) is 2.98. The maximum atomic E-state index is 5.21. The van der Waals surface area contributed by atoms with Gasteiger partial charge in [-0.1, -0.05) is 24.8 Å². The first-order chi connectivity index (χ1) is 9.72. The molecule has 0 saturated heterocycles. The summed E-state index contributed by atoms with van der Waals surface area (Å²) >= 11 is 0. The molecule has 104 valence electrons. The van der Waals surface area contributed by atoms with Gasteiger partial charge in [-0.2, -0.15) is 0 Å². The monoisotopic (exact) mass is 268 g/mol. The predicted molar refractivity (Wildman–Crippen MR) is 86.3 cm³/mol. The van der Waals surface area contributed by atoms with Crippen LogP contribution in [0.2, 0.25) is 0 Å². The molecule has 0 fully saturated rings. The second kappa shape index (κ2) is 6.66. The maximum Gasteiger partial charge on any atom is 0.120 e. The Morgan fingerprint density at radius 1 is 1.10 bits per heavy atom. The number of methoxy groups -OCH3 is 1. The van der Waals surface area contributed by atoms with Crippen molar-refractivity contribution in [2.24, 2.45) is 0 Å². The summed E-state index contributed by atoms with van der Waals surface area (Å²) in [5.74, 6) is 0.824. The third kappa shape index (κ3) is 3.54.